The summed E-state index contributed by atoms with van der Waals surface area (Å²) in [4.78, 5) is 38.2. The lowest BCUT2D eigenvalue weighted by Crippen LogP contribution is -2.49. The monoisotopic (exact) mass is 436 g/mol. The number of imidazole rings is 1. The maximum atomic E-state index is 13.2. The van der Waals surface area contributed by atoms with Crippen LogP contribution >= 0.6 is 11.3 Å². The Morgan fingerprint density at radius 2 is 1.74 bits per heavy atom. The number of carbonyl (C=O) groups is 2. The zero-order valence-corrected chi connectivity index (χ0v) is 17.5. The topological polar surface area (TPSA) is 125 Å². The molecule has 0 aliphatic rings. The molecule has 31 heavy (non-hydrogen) atoms. The van der Waals surface area contributed by atoms with Crippen LogP contribution in [0.1, 0.15) is 15.6 Å². The number of para-hydroxylation sites is 2. The summed E-state index contributed by atoms with van der Waals surface area (Å²) in [5.74, 6) is -0.682. The van der Waals surface area contributed by atoms with Crippen molar-refractivity contribution in [1.29, 1.82) is 0 Å². The van der Waals surface area contributed by atoms with Crippen molar-refractivity contribution in [3.63, 3.8) is 0 Å². The van der Waals surface area contributed by atoms with E-state index in [1.54, 1.807) is 24.3 Å². The first kappa shape index (κ1) is 20.5. The minimum atomic E-state index is -0.963. The lowest BCUT2D eigenvalue weighted by atomic mass is 10.1. The largest absolute Gasteiger partial charge is 0.368 e. The molecule has 0 aliphatic heterocycles. The highest BCUT2D eigenvalue weighted by Crippen LogP contribution is 2.16. The second-order valence-electron chi connectivity index (χ2n) is 7.00. The highest BCUT2D eigenvalue weighted by molar-refractivity contribution is 7.11. The van der Waals surface area contributed by atoms with E-state index in [9.17, 15) is 14.4 Å². The fraction of sp³-hybridized carbons (Fsp3) is 0.190. The number of primary amides is 1. The zero-order valence-electron chi connectivity index (χ0n) is 16.7. The molecule has 2 aromatic heterocycles. The molecular weight excluding hydrogens is 416 g/mol. The molecule has 1 atom stereocenters. The molecule has 2 amide bonds. The molecule has 2 heterocycles. The van der Waals surface area contributed by atoms with Crippen molar-refractivity contribution >= 4 is 34.3 Å². The van der Waals surface area contributed by atoms with Crippen LogP contribution < -0.4 is 16.7 Å². The van der Waals surface area contributed by atoms with Gasteiger partial charge in [0.25, 0.3) is 0 Å². The van der Waals surface area contributed by atoms with Crippen molar-refractivity contribution in [3.05, 3.63) is 80.7 Å². The maximum Gasteiger partial charge on any atom is 0.337 e. The van der Waals surface area contributed by atoms with Crippen molar-refractivity contribution in [2.75, 3.05) is 0 Å². The van der Waals surface area contributed by atoms with Crippen molar-refractivity contribution in [1.82, 2.24) is 24.6 Å². The van der Waals surface area contributed by atoms with Gasteiger partial charge in [-0.05, 0) is 24.6 Å². The van der Waals surface area contributed by atoms with E-state index in [4.69, 9.17) is 5.73 Å². The van der Waals surface area contributed by atoms with Gasteiger partial charge in [0, 0.05) is 6.42 Å². The Morgan fingerprint density at radius 1 is 1.06 bits per heavy atom. The van der Waals surface area contributed by atoms with E-state index < -0.39 is 23.7 Å². The molecule has 158 valence electrons. The fourth-order valence-electron chi connectivity index (χ4n) is 3.38. The summed E-state index contributed by atoms with van der Waals surface area (Å²) in [6, 6.07) is 14.5. The number of carbonyl (C=O) groups excluding carboxylic acids is 2. The number of nitrogens with one attached hydrogen (secondary N) is 1. The van der Waals surface area contributed by atoms with Gasteiger partial charge >= 0.3 is 11.7 Å². The molecule has 0 fully saturated rings. The number of nitrogens with two attached hydrogens (primary N) is 1. The van der Waals surface area contributed by atoms with Crippen molar-refractivity contribution < 1.29 is 9.59 Å². The first-order valence-electron chi connectivity index (χ1n) is 9.57. The summed E-state index contributed by atoms with van der Waals surface area (Å²) in [6.07, 6.45) is 0.222. The van der Waals surface area contributed by atoms with Gasteiger partial charge in [0.2, 0.25) is 5.91 Å². The van der Waals surface area contributed by atoms with E-state index >= 15 is 0 Å². The van der Waals surface area contributed by atoms with Gasteiger partial charge in [-0.15, -0.1) is 10.2 Å². The fourth-order valence-corrected chi connectivity index (χ4v) is 4.08. The quantitative estimate of drug-likeness (QED) is 0.476. The first-order chi connectivity index (χ1) is 14.9. The number of aromatic nitrogens is 4. The van der Waals surface area contributed by atoms with Crippen LogP contribution in [-0.2, 0) is 17.8 Å². The molecule has 4 aromatic rings. The number of fused-ring (bicyclic) bond motifs is 1. The SMILES string of the molecule is Cc1nnc(Cn2c(=O)n(C(=O)N[C@@H](Cc3ccccc3)C(N)=O)c3ccccc32)s1. The van der Waals surface area contributed by atoms with Crippen molar-refractivity contribution in [2.45, 2.75) is 25.9 Å². The summed E-state index contributed by atoms with van der Waals surface area (Å²) < 4.78 is 2.48. The van der Waals surface area contributed by atoms with Gasteiger partial charge in [0.1, 0.15) is 16.1 Å². The molecule has 9 nitrogen and oxygen atoms in total. The van der Waals surface area contributed by atoms with Gasteiger partial charge in [-0.3, -0.25) is 9.36 Å². The predicted octanol–water partition coefficient (Wildman–Crippen LogP) is 1.67. The van der Waals surface area contributed by atoms with Crippen LogP contribution in [0.25, 0.3) is 11.0 Å². The molecule has 0 saturated heterocycles. The number of amides is 2. The van der Waals surface area contributed by atoms with Crippen molar-refractivity contribution in [2.24, 2.45) is 5.73 Å². The maximum absolute atomic E-state index is 13.2. The van der Waals surface area contributed by atoms with E-state index in [2.05, 4.69) is 15.5 Å². The minimum absolute atomic E-state index is 0.189. The second-order valence-corrected chi connectivity index (χ2v) is 8.27. The lowest BCUT2D eigenvalue weighted by molar-refractivity contribution is -0.119. The summed E-state index contributed by atoms with van der Waals surface area (Å²) in [5, 5.41) is 12.1. The lowest BCUT2D eigenvalue weighted by Gasteiger charge is -2.15. The van der Waals surface area contributed by atoms with Crippen LogP contribution in [0.3, 0.4) is 0 Å². The second kappa shape index (κ2) is 8.52. The molecule has 0 saturated carbocycles. The molecule has 3 N–H and O–H groups in total. The number of hydrogen-bond acceptors (Lipinski definition) is 6. The molecule has 0 spiro atoms. The molecule has 4 rings (SSSR count). The van der Waals surface area contributed by atoms with Crippen LogP contribution in [0.5, 0.6) is 0 Å². The standard InChI is InChI=1S/C21H20N6O3S/c1-13-24-25-18(31-13)12-26-16-9-5-6-10-17(16)27(21(26)30)20(29)23-15(19(22)28)11-14-7-3-2-4-8-14/h2-10,15H,11-12H2,1H3,(H2,22,28)(H,23,29)/t15-/m0/s1. The van der Waals surface area contributed by atoms with E-state index in [-0.39, 0.29) is 13.0 Å². The summed E-state index contributed by atoms with van der Waals surface area (Å²) in [6.45, 7) is 2.02. The smallest absolute Gasteiger partial charge is 0.337 e. The first-order valence-corrected chi connectivity index (χ1v) is 10.4. The third-order valence-electron chi connectivity index (χ3n) is 4.82. The highest BCUT2D eigenvalue weighted by atomic mass is 32.1. The van der Waals surface area contributed by atoms with E-state index in [0.717, 1.165) is 15.1 Å². The van der Waals surface area contributed by atoms with Crippen molar-refractivity contribution in [3.8, 4) is 0 Å². The Balaban J connectivity index is 1.68. The molecule has 0 bridgehead atoms. The molecule has 0 radical (unpaired) electrons. The van der Waals surface area contributed by atoms with Crippen LogP contribution in [-0.4, -0.2) is 37.3 Å². The van der Waals surface area contributed by atoms with E-state index in [0.29, 0.717) is 16.0 Å². The zero-order chi connectivity index (χ0) is 22.0. The van der Waals surface area contributed by atoms with Gasteiger partial charge in [-0.2, -0.15) is 0 Å². The summed E-state index contributed by atoms with van der Waals surface area (Å²) >= 11 is 1.38. The van der Waals surface area contributed by atoms with Crippen LogP contribution in [0.2, 0.25) is 0 Å². The Morgan fingerprint density at radius 3 is 2.39 bits per heavy atom. The number of benzene rings is 2. The third-order valence-corrected chi connectivity index (χ3v) is 5.65. The average Bonchev–Trinajstić information content (AvgIpc) is 3.29. The van der Waals surface area contributed by atoms with Gasteiger partial charge in [-0.1, -0.05) is 53.8 Å². The molecule has 10 heteroatoms. The predicted molar refractivity (Wildman–Crippen MR) is 117 cm³/mol. The Labute approximate surface area is 181 Å². The molecule has 2 aromatic carbocycles. The van der Waals surface area contributed by atoms with Crippen LogP contribution in [0.15, 0.2) is 59.4 Å². The third kappa shape index (κ3) is 4.24. The Bertz CT molecular complexity index is 1310. The van der Waals surface area contributed by atoms with Gasteiger partial charge in [0.15, 0.2) is 0 Å². The highest BCUT2D eigenvalue weighted by Gasteiger charge is 2.24. The van der Waals surface area contributed by atoms with E-state index in [1.165, 1.54) is 15.9 Å². The van der Waals surface area contributed by atoms with Gasteiger partial charge < -0.3 is 11.1 Å². The minimum Gasteiger partial charge on any atom is -0.368 e. The Kier molecular flexibility index (Phi) is 5.63. The molecular formula is C21H20N6O3S. The summed E-state index contributed by atoms with van der Waals surface area (Å²) in [7, 11) is 0. The normalized spacial score (nSPS) is 12.0. The number of aryl methyl sites for hydroxylation is 1. The Hall–Kier alpha value is -3.79. The van der Waals surface area contributed by atoms with Crippen LogP contribution in [0.4, 0.5) is 4.79 Å². The summed E-state index contributed by atoms with van der Waals surface area (Å²) in [5.41, 5.74) is 6.82. The number of nitrogens with zero attached hydrogens (tertiary/aromatic N) is 4. The van der Waals surface area contributed by atoms with Gasteiger partial charge in [-0.25, -0.2) is 14.2 Å². The van der Waals surface area contributed by atoms with Gasteiger partial charge in [0.05, 0.1) is 17.6 Å². The van der Waals surface area contributed by atoms with Crippen LogP contribution in [0, 0.1) is 6.92 Å². The van der Waals surface area contributed by atoms with E-state index in [1.807, 2.05) is 37.3 Å². The molecule has 0 aliphatic carbocycles. The number of rotatable bonds is 6. The average molecular weight is 436 g/mol. The molecule has 0 unspecified atom stereocenters. The number of hydrogen-bond donors (Lipinski definition) is 2.